The van der Waals surface area contributed by atoms with Crippen molar-refractivity contribution in [2.24, 2.45) is 0 Å². The summed E-state index contributed by atoms with van der Waals surface area (Å²) in [4.78, 5) is 26.0. The highest BCUT2D eigenvalue weighted by molar-refractivity contribution is 5.94. The first-order chi connectivity index (χ1) is 11.0. The van der Waals surface area contributed by atoms with Crippen LogP contribution in [0.2, 0.25) is 0 Å². The molecule has 2 unspecified atom stereocenters. The number of halogens is 2. The highest BCUT2D eigenvalue weighted by atomic mass is 35.5. The number of benzene rings is 1. The number of nitrogens with zero attached hydrogens (tertiary/aromatic N) is 1. The van der Waals surface area contributed by atoms with Gasteiger partial charge < -0.3 is 15.5 Å². The molecule has 2 rings (SSSR count). The van der Waals surface area contributed by atoms with Crippen molar-refractivity contribution < 1.29 is 14.0 Å². The van der Waals surface area contributed by atoms with Crippen molar-refractivity contribution in [1.29, 1.82) is 0 Å². The van der Waals surface area contributed by atoms with E-state index < -0.39 is 0 Å². The molecule has 1 saturated heterocycles. The van der Waals surface area contributed by atoms with Gasteiger partial charge in [-0.2, -0.15) is 0 Å². The third-order valence-electron chi connectivity index (χ3n) is 4.31. The van der Waals surface area contributed by atoms with Crippen molar-refractivity contribution in [2.75, 3.05) is 19.6 Å². The Morgan fingerprint density at radius 1 is 1.29 bits per heavy atom. The van der Waals surface area contributed by atoms with Crippen molar-refractivity contribution in [3.05, 3.63) is 35.6 Å². The lowest BCUT2D eigenvalue weighted by atomic mass is 10.1. The molecular weight excluding hydrogens is 333 g/mol. The van der Waals surface area contributed by atoms with Crippen molar-refractivity contribution >= 4 is 24.2 Å². The largest absolute Gasteiger partial charge is 0.352 e. The molecule has 0 aliphatic carbocycles. The van der Waals surface area contributed by atoms with Gasteiger partial charge in [-0.05, 0) is 44.5 Å². The zero-order valence-electron chi connectivity index (χ0n) is 14.0. The van der Waals surface area contributed by atoms with Gasteiger partial charge in [0.2, 0.25) is 5.91 Å². The molecule has 134 valence electrons. The van der Waals surface area contributed by atoms with Crippen LogP contribution in [0.15, 0.2) is 24.3 Å². The molecule has 0 spiro atoms. The van der Waals surface area contributed by atoms with Crippen LogP contribution < -0.4 is 10.6 Å². The van der Waals surface area contributed by atoms with E-state index in [1.165, 1.54) is 24.3 Å². The van der Waals surface area contributed by atoms with Gasteiger partial charge in [0.15, 0.2) is 0 Å². The summed E-state index contributed by atoms with van der Waals surface area (Å²) in [5.41, 5.74) is 0.419. The second-order valence-electron chi connectivity index (χ2n) is 5.94. The fourth-order valence-corrected chi connectivity index (χ4v) is 2.70. The molecule has 5 nitrogen and oxygen atoms in total. The normalized spacial score (nSPS) is 20.2. The third-order valence-corrected chi connectivity index (χ3v) is 4.31. The second-order valence-corrected chi connectivity index (χ2v) is 5.94. The first kappa shape index (κ1) is 20.4. The Labute approximate surface area is 148 Å². The van der Waals surface area contributed by atoms with Crippen molar-refractivity contribution in [2.45, 2.75) is 38.8 Å². The molecule has 1 heterocycles. The molecule has 24 heavy (non-hydrogen) atoms. The van der Waals surface area contributed by atoms with Crippen LogP contribution in [0, 0.1) is 5.82 Å². The van der Waals surface area contributed by atoms with Crippen LogP contribution >= 0.6 is 12.4 Å². The van der Waals surface area contributed by atoms with Crippen LogP contribution in [-0.2, 0) is 4.79 Å². The van der Waals surface area contributed by atoms with Crippen LogP contribution in [0.25, 0.3) is 0 Å². The van der Waals surface area contributed by atoms with Crippen molar-refractivity contribution in [3.63, 3.8) is 0 Å². The predicted molar refractivity (Wildman–Crippen MR) is 93.9 cm³/mol. The number of carbonyl (C=O) groups excluding carboxylic acids is 2. The molecule has 1 aromatic rings. The van der Waals surface area contributed by atoms with Crippen LogP contribution in [-0.4, -0.2) is 48.4 Å². The maximum atomic E-state index is 12.8. The van der Waals surface area contributed by atoms with Gasteiger partial charge in [0, 0.05) is 43.7 Å². The average molecular weight is 358 g/mol. The van der Waals surface area contributed by atoms with Gasteiger partial charge in [-0.1, -0.05) is 0 Å². The molecule has 2 amide bonds. The summed E-state index contributed by atoms with van der Waals surface area (Å²) < 4.78 is 12.8. The molecule has 0 bridgehead atoms. The Bertz CT molecular complexity index is 553. The zero-order valence-corrected chi connectivity index (χ0v) is 14.9. The average Bonchev–Trinajstić information content (AvgIpc) is 2.54. The monoisotopic (exact) mass is 357 g/mol. The molecule has 2 atom stereocenters. The molecule has 0 aromatic heterocycles. The summed E-state index contributed by atoms with van der Waals surface area (Å²) in [6, 6.07) is 5.88. The van der Waals surface area contributed by atoms with Crippen LogP contribution in [0.3, 0.4) is 0 Å². The molecule has 1 aliphatic heterocycles. The molecule has 0 radical (unpaired) electrons. The van der Waals surface area contributed by atoms with Crippen LogP contribution in [0.5, 0.6) is 0 Å². The summed E-state index contributed by atoms with van der Waals surface area (Å²) in [5, 5.41) is 6.10. The van der Waals surface area contributed by atoms with E-state index in [2.05, 4.69) is 17.6 Å². The van der Waals surface area contributed by atoms with E-state index in [1.807, 2.05) is 11.8 Å². The molecule has 0 saturated carbocycles. The Kier molecular flexibility index (Phi) is 8.15. The van der Waals surface area contributed by atoms with Crippen LogP contribution in [0.4, 0.5) is 4.39 Å². The SMILES string of the molecule is CC1NCCN(C(=O)CCCNC(=O)c2ccc(F)cc2)C1C.Cl. The first-order valence-electron chi connectivity index (χ1n) is 8.05. The second kappa shape index (κ2) is 9.59. The van der Waals surface area contributed by atoms with Gasteiger partial charge in [0.05, 0.1) is 0 Å². The summed E-state index contributed by atoms with van der Waals surface area (Å²) in [5.74, 6) is -0.491. The number of hydrogen-bond donors (Lipinski definition) is 2. The standard InChI is InChI=1S/C17H24FN3O2.ClH/c1-12-13(2)21(11-10-19-12)16(22)4-3-9-20-17(23)14-5-7-15(18)8-6-14;/h5-8,12-13,19H,3-4,9-11H2,1-2H3,(H,20,23);1H. The molecule has 1 aromatic carbocycles. The van der Waals surface area contributed by atoms with E-state index >= 15 is 0 Å². The number of rotatable bonds is 5. The predicted octanol–water partition coefficient (Wildman–Crippen LogP) is 1.97. The van der Waals surface area contributed by atoms with E-state index in [1.54, 1.807) is 0 Å². The maximum Gasteiger partial charge on any atom is 0.251 e. The van der Waals surface area contributed by atoms with E-state index in [9.17, 15) is 14.0 Å². The van der Waals surface area contributed by atoms with Gasteiger partial charge in [0.1, 0.15) is 5.82 Å². The lowest BCUT2D eigenvalue weighted by Gasteiger charge is -2.38. The number of piperazine rings is 1. The van der Waals surface area contributed by atoms with Crippen LogP contribution in [0.1, 0.15) is 37.0 Å². The van der Waals surface area contributed by atoms with Gasteiger partial charge in [-0.3, -0.25) is 9.59 Å². The van der Waals surface area contributed by atoms with Crippen molar-refractivity contribution in [1.82, 2.24) is 15.5 Å². The van der Waals surface area contributed by atoms with Gasteiger partial charge >= 0.3 is 0 Å². The fourth-order valence-electron chi connectivity index (χ4n) is 2.70. The quantitative estimate of drug-likeness (QED) is 0.792. The number of carbonyl (C=O) groups is 2. The Morgan fingerprint density at radius 3 is 2.62 bits per heavy atom. The van der Waals surface area contributed by atoms with E-state index in [0.717, 1.165) is 13.1 Å². The van der Waals surface area contributed by atoms with Gasteiger partial charge in [-0.15, -0.1) is 12.4 Å². The first-order valence-corrected chi connectivity index (χ1v) is 8.05. The molecule has 1 aliphatic rings. The number of nitrogens with one attached hydrogen (secondary N) is 2. The van der Waals surface area contributed by atoms with Gasteiger partial charge in [-0.25, -0.2) is 4.39 Å². The summed E-state index contributed by atoms with van der Waals surface area (Å²) in [7, 11) is 0. The summed E-state index contributed by atoms with van der Waals surface area (Å²) >= 11 is 0. The number of amides is 2. The Morgan fingerprint density at radius 2 is 1.96 bits per heavy atom. The Balaban J connectivity index is 0.00000288. The van der Waals surface area contributed by atoms with Crippen molar-refractivity contribution in [3.8, 4) is 0 Å². The lowest BCUT2D eigenvalue weighted by Crippen LogP contribution is -2.57. The maximum absolute atomic E-state index is 12.8. The fraction of sp³-hybridized carbons (Fsp3) is 0.529. The molecule has 1 fully saturated rings. The van der Waals surface area contributed by atoms with E-state index in [4.69, 9.17) is 0 Å². The molecule has 2 N–H and O–H groups in total. The summed E-state index contributed by atoms with van der Waals surface area (Å²) in [6.45, 7) is 6.10. The highest BCUT2D eigenvalue weighted by Crippen LogP contribution is 2.11. The minimum Gasteiger partial charge on any atom is -0.352 e. The Hall–Kier alpha value is -1.66. The smallest absolute Gasteiger partial charge is 0.251 e. The summed E-state index contributed by atoms with van der Waals surface area (Å²) in [6.07, 6.45) is 1.01. The molecule has 7 heteroatoms. The number of hydrogen-bond acceptors (Lipinski definition) is 3. The van der Waals surface area contributed by atoms with E-state index in [0.29, 0.717) is 31.0 Å². The van der Waals surface area contributed by atoms with Gasteiger partial charge in [0.25, 0.3) is 5.91 Å². The topological polar surface area (TPSA) is 61.4 Å². The minimum absolute atomic E-state index is 0. The highest BCUT2D eigenvalue weighted by Gasteiger charge is 2.27. The zero-order chi connectivity index (χ0) is 16.8. The minimum atomic E-state index is -0.369. The molecular formula is C17H25ClFN3O2. The third kappa shape index (κ3) is 5.46. The van der Waals surface area contributed by atoms with E-state index in [-0.39, 0.29) is 36.1 Å². The lowest BCUT2D eigenvalue weighted by molar-refractivity contribution is -0.134.